The maximum Gasteiger partial charge on any atom is 0.501 e. The minimum atomic E-state index is -2.44. The van der Waals surface area contributed by atoms with Gasteiger partial charge >= 0.3 is 8.80 Å². The van der Waals surface area contributed by atoms with Gasteiger partial charge in [-0.15, -0.1) is 0 Å². The minimum absolute atomic E-state index is 0.452. The Kier molecular flexibility index (Phi) is 7.63. The first kappa shape index (κ1) is 16.7. The summed E-state index contributed by atoms with van der Waals surface area (Å²) in [6.07, 6.45) is 4.73. The standard InChI is InChI=1S/C13H23NO3SSi/c1-12(11-19(15-2,16-3)17-4)18-10-7-13-5-8-14-9-6-13/h5-6,8-9,12H,7,10-11H2,1-4H3/t12-/m0/s1. The summed E-state index contributed by atoms with van der Waals surface area (Å²) >= 11 is 1.92. The highest BCUT2D eigenvalue weighted by atomic mass is 32.2. The molecule has 0 bridgehead atoms. The zero-order valence-electron chi connectivity index (χ0n) is 12.1. The highest BCUT2D eigenvalue weighted by Gasteiger charge is 2.39. The molecule has 0 saturated carbocycles. The first-order chi connectivity index (χ1) is 9.15. The molecule has 1 rings (SSSR count). The molecule has 1 heterocycles. The van der Waals surface area contributed by atoms with Gasteiger partial charge in [0.2, 0.25) is 0 Å². The van der Waals surface area contributed by atoms with Gasteiger partial charge in [0, 0.05) is 45.0 Å². The van der Waals surface area contributed by atoms with Crippen LogP contribution in [0.5, 0.6) is 0 Å². The van der Waals surface area contributed by atoms with Crippen LogP contribution in [0.15, 0.2) is 24.5 Å². The lowest BCUT2D eigenvalue weighted by atomic mass is 10.2. The largest absolute Gasteiger partial charge is 0.501 e. The number of thioether (sulfide) groups is 1. The average molecular weight is 301 g/mol. The third kappa shape index (κ3) is 5.62. The van der Waals surface area contributed by atoms with Crippen molar-refractivity contribution in [2.45, 2.75) is 24.6 Å². The second kappa shape index (κ2) is 8.71. The van der Waals surface area contributed by atoms with E-state index in [9.17, 15) is 0 Å². The molecule has 1 atom stereocenters. The van der Waals surface area contributed by atoms with Crippen molar-refractivity contribution in [2.75, 3.05) is 27.1 Å². The summed E-state index contributed by atoms with van der Waals surface area (Å²) in [6, 6.07) is 4.95. The number of hydrogen-bond acceptors (Lipinski definition) is 5. The van der Waals surface area contributed by atoms with Crippen LogP contribution in [0.1, 0.15) is 12.5 Å². The SMILES string of the molecule is CO[Si](C[C@H](C)SCCc1ccncc1)(OC)OC. The zero-order chi connectivity index (χ0) is 14.1. The van der Waals surface area contributed by atoms with Gasteiger partial charge in [0.25, 0.3) is 0 Å². The molecule has 0 aliphatic rings. The molecule has 0 spiro atoms. The van der Waals surface area contributed by atoms with Gasteiger partial charge in [-0.3, -0.25) is 4.98 Å². The van der Waals surface area contributed by atoms with Crippen molar-refractivity contribution in [2.24, 2.45) is 0 Å². The van der Waals surface area contributed by atoms with E-state index in [1.54, 1.807) is 21.3 Å². The Bertz CT molecular complexity index is 341. The van der Waals surface area contributed by atoms with Crippen LogP contribution in [0.3, 0.4) is 0 Å². The fourth-order valence-corrected chi connectivity index (χ4v) is 5.38. The quantitative estimate of drug-likeness (QED) is 0.656. The Balaban J connectivity index is 2.33. The van der Waals surface area contributed by atoms with Gasteiger partial charge in [-0.05, 0) is 29.9 Å². The van der Waals surface area contributed by atoms with E-state index in [1.807, 2.05) is 24.2 Å². The van der Waals surface area contributed by atoms with E-state index >= 15 is 0 Å². The number of nitrogens with zero attached hydrogens (tertiary/aromatic N) is 1. The lowest BCUT2D eigenvalue weighted by molar-refractivity contribution is 0.124. The molecule has 0 unspecified atom stereocenters. The zero-order valence-corrected chi connectivity index (χ0v) is 13.9. The van der Waals surface area contributed by atoms with Crippen LogP contribution < -0.4 is 0 Å². The molecule has 0 aliphatic heterocycles. The molecule has 0 amide bonds. The van der Waals surface area contributed by atoms with Crippen LogP contribution in [0, 0.1) is 0 Å². The smallest absolute Gasteiger partial charge is 0.377 e. The summed E-state index contributed by atoms with van der Waals surface area (Å²) < 4.78 is 16.3. The van der Waals surface area contributed by atoms with E-state index in [2.05, 4.69) is 24.0 Å². The molecule has 0 saturated heterocycles. The van der Waals surface area contributed by atoms with E-state index in [1.165, 1.54) is 5.56 Å². The molecule has 0 N–H and O–H groups in total. The predicted molar refractivity (Wildman–Crippen MR) is 81.4 cm³/mol. The molecule has 0 aromatic carbocycles. The Labute approximate surface area is 121 Å². The Morgan fingerprint density at radius 3 is 2.26 bits per heavy atom. The first-order valence-corrected chi connectivity index (χ1v) is 9.30. The monoisotopic (exact) mass is 301 g/mol. The molecule has 6 heteroatoms. The third-order valence-electron chi connectivity index (χ3n) is 3.01. The van der Waals surface area contributed by atoms with Gasteiger partial charge in [-0.1, -0.05) is 6.92 Å². The van der Waals surface area contributed by atoms with Gasteiger partial charge in [-0.2, -0.15) is 11.8 Å². The molecule has 1 aromatic heterocycles. The number of aromatic nitrogens is 1. The summed E-state index contributed by atoms with van der Waals surface area (Å²) in [5.41, 5.74) is 1.32. The van der Waals surface area contributed by atoms with Crippen LogP contribution in [0.4, 0.5) is 0 Å². The van der Waals surface area contributed by atoms with Crippen molar-refractivity contribution in [1.29, 1.82) is 0 Å². The molecule has 19 heavy (non-hydrogen) atoms. The lowest BCUT2D eigenvalue weighted by Gasteiger charge is -2.26. The summed E-state index contributed by atoms with van der Waals surface area (Å²) in [6.45, 7) is 2.19. The predicted octanol–water partition coefficient (Wildman–Crippen LogP) is 2.62. The second-order valence-corrected chi connectivity index (χ2v) is 8.83. The highest BCUT2D eigenvalue weighted by molar-refractivity contribution is 7.99. The Hall–Kier alpha value is -0.403. The molecule has 0 aliphatic carbocycles. The van der Waals surface area contributed by atoms with Crippen LogP contribution >= 0.6 is 11.8 Å². The maximum absolute atomic E-state index is 5.44. The highest BCUT2D eigenvalue weighted by Crippen LogP contribution is 2.24. The van der Waals surface area contributed by atoms with Crippen molar-refractivity contribution >= 4 is 20.6 Å². The Morgan fingerprint density at radius 1 is 1.16 bits per heavy atom. The van der Waals surface area contributed by atoms with Gasteiger partial charge < -0.3 is 13.3 Å². The van der Waals surface area contributed by atoms with Crippen molar-refractivity contribution in [1.82, 2.24) is 4.98 Å². The van der Waals surface area contributed by atoms with E-state index < -0.39 is 8.80 Å². The normalized spacial score (nSPS) is 13.5. The molecule has 108 valence electrons. The van der Waals surface area contributed by atoms with E-state index in [4.69, 9.17) is 13.3 Å². The van der Waals surface area contributed by atoms with Crippen molar-refractivity contribution in [3.8, 4) is 0 Å². The molecule has 0 fully saturated rings. The van der Waals surface area contributed by atoms with Crippen LogP contribution in [0.2, 0.25) is 6.04 Å². The molecule has 0 radical (unpaired) electrons. The summed E-state index contributed by atoms with van der Waals surface area (Å²) in [7, 11) is 2.54. The van der Waals surface area contributed by atoms with Gasteiger partial charge in [0.05, 0.1) is 0 Å². The third-order valence-corrected chi connectivity index (χ3v) is 7.46. The molecule has 4 nitrogen and oxygen atoms in total. The number of pyridine rings is 1. The summed E-state index contributed by atoms with van der Waals surface area (Å²) in [5, 5.41) is 0.452. The summed E-state index contributed by atoms with van der Waals surface area (Å²) in [5.74, 6) is 1.08. The first-order valence-electron chi connectivity index (χ1n) is 6.31. The van der Waals surface area contributed by atoms with E-state index in [0.717, 1.165) is 18.2 Å². The molecule has 1 aromatic rings. The van der Waals surface area contributed by atoms with Gasteiger partial charge in [0.1, 0.15) is 0 Å². The fourth-order valence-electron chi connectivity index (χ4n) is 1.84. The number of aryl methyl sites for hydroxylation is 1. The van der Waals surface area contributed by atoms with Crippen LogP contribution in [-0.2, 0) is 19.7 Å². The van der Waals surface area contributed by atoms with Gasteiger partial charge in [0.15, 0.2) is 0 Å². The summed E-state index contributed by atoms with van der Waals surface area (Å²) in [4.78, 5) is 4.02. The topological polar surface area (TPSA) is 40.6 Å². The fraction of sp³-hybridized carbons (Fsp3) is 0.615. The van der Waals surface area contributed by atoms with Crippen LogP contribution in [0.25, 0.3) is 0 Å². The molecular weight excluding hydrogens is 278 g/mol. The van der Waals surface area contributed by atoms with Crippen molar-refractivity contribution < 1.29 is 13.3 Å². The van der Waals surface area contributed by atoms with E-state index in [0.29, 0.717) is 5.25 Å². The number of rotatable bonds is 9. The minimum Gasteiger partial charge on any atom is -0.377 e. The van der Waals surface area contributed by atoms with Crippen molar-refractivity contribution in [3.63, 3.8) is 0 Å². The van der Waals surface area contributed by atoms with Gasteiger partial charge in [-0.25, -0.2) is 0 Å². The number of hydrogen-bond donors (Lipinski definition) is 0. The lowest BCUT2D eigenvalue weighted by Crippen LogP contribution is -2.44. The maximum atomic E-state index is 5.44. The molecular formula is C13H23NO3SSi. The van der Waals surface area contributed by atoms with Crippen molar-refractivity contribution in [3.05, 3.63) is 30.1 Å². The second-order valence-electron chi connectivity index (χ2n) is 4.29. The van der Waals surface area contributed by atoms with E-state index in [-0.39, 0.29) is 0 Å². The Morgan fingerprint density at radius 2 is 1.74 bits per heavy atom. The average Bonchev–Trinajstić information content (AvgIpc) is 2.46. The van der Waals surface area contributed by atoms with Crippen LogP contribution in [-0.4, -0.2) is 46.1 Å².